The number of fused-ring (bicyclic) bond motifs is 1. The number of ether oxygens (including phenoxy) is 1. The van der Waals surface area contributed by atoms with Crippen molar-refractivity contribution in [1.29, 1.82) is 0 Å². The molecule has 0 aliphatic carbocycles. The van der Waals surface area contributed by atoms with E-state index in [2.05, 4.69) is 63.2 Å². The van der Waals surface area contributed by atoms with Gasteiger partial charge in [0.15, 0.2) is 0 Å². The third kappa shape index (κ3) is 2.97. The minimum Gasteiger partial charge on any atom is -0.493 e. The zero-order chi connectivity index (χ0) is 13.4. The van der Waals surface area contributed by atoms with Gasteiger partial charge in [0.1, 0.15) is 13.8 Å². The van der Waals surface area contributed by atoms with Crippen LogP contribution in [-0.4, -0.2) is 14.7 Å². The Morgan fingerprint density at radius 3 is 2.61 bits per heavy atom. The van der Waals surface area contributed by atoms with Gasteiger partial charge in [-0.15, -0.1) is 5.54 Å². The van der Waals surface area contributed by atoms with Crippen molar-refractivity contribution in [2.75, 3.05) is 6.61 Å². The van der Waals surface area contributed by atoms with Gasteiger partial charge >= 0.3 is 0 Å². The van der Waals surface area contributed by atoms with Gasteiger partial charge in [0.2, 0.25) is 0 Å². The van der Waals surface area contributed by atoms with Crippen LogP contribution >= 0.6 is 0 Å². The third-order valence-corrected chi connectivity index (χ3v) is 4.15. The Kier molecular flexibility index (Phi) is 3.29. The molecule has 0 saturated carbocycles. The monoisotopic (exact) mass is 258 g/mol. The molecule has 0 saturated heterocycles. The van der Waals surface area contributed by atoms with E-state index >= 15 is 0 Å². The Hall–Kier alpha value is -1.20. The summed E-state index contributed by atoms with van der Waals surface area (Å²) in [6.07, 6.45) is 1.07. The quantitative estimate of drug-likeness (QED) is 0.505. The molecule has 1 aliphatic rings. The maximum absolute atomic E-state index is 5.72. The maximum atomic E-state index is 5.72. The lowest BCUT2D eigenvalue weighted by molar-refractivity contribution is 0.234. The van der Waals surface area contributed by atoms with Gasteiger partial charge in [-0.3, -0.25) is 0 Å². The van der Waals surface area contributed by atoms with E-state index in [1.165, 1.54) is 5.56 Å². The van der Waals surface area contributed by atoms with Crippen molar-refractivity contribution in [3.63, 3.8) is 0 Å². The molecule has 0 aromatic heterocycles. The summed E-state index contributed by atoms with van der Waals surface area (Å²) in [6.45, 7) is 12.2. The highest BCUT2D eigenvalue weighted by Crippen LogP contribution is 2.38. The van der Waals surface area contributed by atoms with Gasteiger partial charge in [-0.25, -0.2) is 0 Å². The Morgan fingerprint density at radius 1 is 1.22 bits per heavy atom. The maximum Gasteiger partial charge on any atom is 0.129 e. The molecule has 1 heterocycles. The van der Waals surface area contributed by atoms with Crippen molar-refractivity contribution < 1.29 is 4.74 Å². The van der Waals surface area contributed by atoms with Crippen molar-refractivity contribution in [1.82, 2.24) is 0 Å². The molecular weight excluding hydrogens is 236 g/mol. The van der Waals surface area contributed by atoms with Crippen LogP contribution in [0.5, 0.6) is 5.75 Å². The van der Waals surface area contributed by atoms with Gasteiger partial charge in [-0.2, -0.15) is 0 Å². The highest BCUT2D eigenvalue weighted by Gasteiger charge is 2.28. The summed E-state index contributed by atoms with van der Waals surface area (Å²) >= 11 is 0. The van der Waals surface area contributed by atoms with Crippen LogP contribution in [0.3, 0.4) is 0 Å². The molecule has 1 nitrogen and oxygen atoms in total. The molecule has 96 valence electrons. The molecule has 0 radical (unpaired) electrons. The summed E-state index contributed by atoms with van der Waals surface area (Å²) in [6, 6.07) is 6.36. The van der Waals surface area contributed by atoms with Crippen molar-refractivity contribution in [3.8, 4) is 17.2 Å². The second kappa shape index (κ2) is 4.48. The Balaban J connectivity index is 2.39. The van der Waals surface area contributed by atoms with E-state index < -0.39 is 8.07 Å². The van der Waals surface area contributed by atoms with Crippen LogP contribution < -0.4 is 4.74 Å². The first kappa shape index (κ1) is 13.2. The lowest BCUT2D eigenvalue weighted by Crippen LogP contribution is -2.26. The smallest absolute Gasteiger partial charge is 0.129 e. The van der Waals surface area contributed by atoms with Gasteiger partial charge in [-0.1, -0.05) is 39.4 Å². The van der Waals surface area contributed by atoms with Crippen molar-refractivity contribution in [2.45, 2.75) is 45.3 Å². The molecule has 2 heteroatoms. The molecule has 0 N–H and O–H groups in total. The third-order valence-electron chi connectivity index (χ3n) is 3.28. The molecule has 1 aliphatic heterocycles. The highest BCUT2D eigenvalue weighted by molar-refractivity contribution is 6.83. The molecule has 0 fully saturated rings. The molecule has 18 heavy (non-hydrogen) atoms. The van der Waals surface area contributed by atoms with E-state index in [9.17, 15) is 0 Å². The minimum atomic E-state index is -1.30. The van der Waals surface area contributed by atoms with Crippen LogP contribution in [0.25, 0.3) is 0 Å². The zero-order valence-electron chi connectivity index (χ0n) is 12.1. The Bertz CT molecular complexity index is 512. The first-order valence-electron chi connectivity index (χ1n) is 6.58. The van der Waals surface area contributed by atoms with Crippen molar-refractivity contribution in [2.24, 2.45) is 0 Å². The van der Waals surface area contributed by atoms with E-state index in [1.54, 1.807) is 0 Å². The average Bonchev–Trinajstić information content (AvgIpc) is 2.25. The molecule has 1 aromatic rings. The second-order valence-corrected chi connectivity index (χ2v) is 11.4. The molecule has 0 amide bonds. The van der Waals surface area contributed by atoms with Gasteiger partial charge in [0.05, 0.1) is 6.61 Å². The first-order valence-corrected chi connectivity index (χ1v) is 10.1. The summed E-state index contributed by atoms with van der Waals surface area (Å²) in [7, 11) is -1.30. The van der Waals surface area contributed by atoms with Crippen molar-refractivity contribution in [3.05, 3.63) is 29.3 Å². The summed E-state index contributed by atoms with van der Waals surface area (Å²) in [5, 5.41) is 0. The Labute approximate surface area is 112 Å². The van der Waals surface area contributed by atoms with Gasteiger partial charge < -0.3 is 4.74 Å². The fourth-order valence-corrected chi connectivity index (χ4v) is 2.59. The van der Waals surface area contributed by atoms with E-state index in [4.69, 9.17) is 4.74 Å². The summed E-state index contributed by atoms with van der Waals surface area (Å²) in [5.41, 5.74) is 6.04. The van der Waals surface area contributed by atoms with E-state index in [-0.39, 0.29) is 5.41 Å². The molecular formula is C16H22OSi. The van der Waals surface area contributed by atoms with Crippen LogP contribution in [0.2, 0.25) is 19.6 Å². The molecule has 0 bridgehead atoms. The molecule has 1 aromatic carbocycles. The van der Waals surface area contributed by atoms with Crippen LogP contribution in [0, 0.1) is 11.5 Å². The Morgan fingerprint density at radius 2 is 1.94 bits per heavy atom. The SMILES string of the molecule is CC1(C)CCOc2ccc(C#C[Si](C)(C)C)cc21. The fraction of sp³-hybridized carbons (Fsp3) is 0.500. The van der Waals surface area contributed by atoms with Gasteiger partial charge in [0.25, 0.3) is 0 Å². The van der Waals surface area contributed by atoms with Crippen LogP contribution in [0.4, 0.5) is 0 Å². The van der Waals surface area contributed by atoms with Gasteiger partial charge in [-0.05, 0) is 30.0 Å². The summed E-state index contributed by atoms with van der Waals surface area (Å²) < 4.78 is 5.72. The predicted octanol–water partition coefficient (Wildman–Crippen LogP) is 3.98. The molecule has 2 rings (SSSR count). The summed E-state index contributed by atoms with van der Waals surface area (Å²) in [4.78, 5) is 0. The van der Waals surface area contributed by atoms with Crippen molar-refractivity contribution >= 4 is 8.07 Å². The van der Waals surface area contributed by atoms with Crippen LogP contribution in [0.1, 0.15) is 31.4 Å². The number of hydrogen-bond donors (Lipinski definition) is 0. The number of rotatable bonds is 0. The second-order valence-electron chi connectivity index (χ2n) is 6.69. The van der Waals surface area contributed by atoms with E-state index in [1.807, 2.05) is 0 Å². The zero-order valence-corrected chi connectivity index (χ0v) is 13.1. The molecule has 0 unspecified atom stereocenters. The minimum absolute atomic E-state index is 0.199. The van der Waals surface area contributed by atoms with Gasteiger partial charge in [0, 0.05) is 11.1 Å². The molecule has 0 atom stereocenters. The predicted molar refractivity (Wildman–Crippen MR) is 79.8 cm³/mol. The lowest BCUT2D eigenvalue weighted by atomic mass is 9.79. The molecule has 0 spiro atoms. The number of benzene rings is 1. The van der Waals surface area contributed by atoms with Crippen LogP contribution in [0.15, 0.2) is 18.2 Å². The normalized spacial score (nSPS) is 17.2. The average molecular weight is 258 g/mol. The van der Waals surface area contributed by atoms with E-state index in [0.29, 0.717) is 0 Å². The highest BCUT2D eigenvalue weighted by atomic mass is 28.3. The fourth-order valence-electron chi connectivity index (χ4n) is 2.07. The largest absolute Gasteiger partial charge is 0.493 e. The van der Waals surface area contributed by atoms with Crippen LogP contribution in [-0.2, 0) is 5.41 Å². The summed E-state index contributed by atoms with van der Waals surface area (Å²) in [5.74, 6) is 4.36. The topological polar surface area (TPSA) is 9.23 Å². The number of hydrogen-bond acceptors (Lipinski definition) is 1. The lowest BCUT2D eigenvalue weighted by Gasteiger charge is -2.32. The van der Waals surface area contributed by atoms with E-state index in [0.717, 1.165) is 24.3 Å². The standard InChI is InChI=1S/C16H22OSi/c1-16(2)9-10-17-15-7-6-13(12-14(15)16)8-11-18(3,4)5/h6-7,12H,9-10H2,1-5H3. The first-order chi connectivity index (χ1) is 8.28.